The van der Waals surface area contributed by atoms with Crippen LogP contribution in [0.1, 0.15) is 83.5 Å². The van der Waals surface area contributed by atoms with Gasteiger partial charge in [-0.25, -0.2) is 8.78 Å². The van der Waals surface area contributed by atoms with E-state index < -0.39 is 11.6 Å². The number of anilines is 2. The van der Waals surface area contributed by atoms with Crippen molar-refractivity contribution in [3.63, 3.8) is 0 Å². The van der Waals surface area contributed by atoms with Crippen molar-refractivity contribution in [2.75, 3.05) is 82.0 Å². The molecule has 3 N–H and O–H groups in total. The molecule has 2 atom stereocenters. The molecule has 18 heteroatoms. The summed E-state index contributed by atoms with van der Waals surface area (Å²) in [5.74, 6) is 0.522. The van der Waals surface area contributed by atoms with E-state index in [9.17, 15) is 15.3 Å². The topological polar surface area (TPSA) is 179 Å². The molecule has 0 saturated carbocycles. The van der Waals surface area contributed by atoms with E-state index in [0.29, 0.717) is 66.4 Å². The van der Waals surface area contributed by atoms with Crippen LogP contribution in [0.5, 0.6) is 23.5 Å². The third-order valence-electron chi connectivity index (χ3n) is 18.9. The molecule has 4 aromatic heterocycles. The number of rotatable bonds is 11. The molecule has 0 spiro atoms. The molecule has 16 nitrogen and oxygen atoms in total. The number of hydrogen-bond donors (Lipinski definition) is 3. The highest BCUT2D eigenvalue weighted by atomic mass is 19.1. The minimum absolute atomic E-state index is 0.0143. The standard InChI is InChI=1S/C32H34FN5O3.C31H34FN5O3/c33-27-28(25-16-21(39)15-20-5-1-2-6-24(20)25)34-17-26-29(27)35-31(40-19-32-10-3-12-38(32)13-4-11-32)36-30(26)37-14-9-22-7-8-23(18-37)41-22;32-26-27(24-16-22(39)15-21-5-1-2-6-23(21)24)33-17-25-28(26)34-30(35-29(25)36-13-7-20(18-38)8-14-36)40-19-31-9-3-11-37(31)12-4-10-31/h1-2,5-6,15-17,22-23,39H,3-4,7-14,18-19H2;1-2,5-6,15-17,20,38-39H,3-4,7-14,18-19H2. The van der Waals surface area contributed by atoms with Crippen LogP contribution in [0, 0.1) is 17.6 Å². The van der Waals surface area contributed by atoms with Crippen LogP contribution in [-0.2, 0) is 4.74 Å². The van der Waals surface area contributed by atoms with E-state index in [1.807, 2.05) is 48.5 Å². The van der Waals surface area contributed by atoms with E-state index in [1.54, 1.807) is 36.7 Å². The number of fused-ring (bicyclic) bond motifs is 8. The van der Waals surface area contributed by atoms with Gasteiger partial charge < -0.3 is 39.3 Å². The maximum atomic E-state index is 16.6. The van der Waals surface area contributed by atoms with Gasteiger partial charge in [-0.3, -0.25) is 19.8 Å². The van der Waals surface area contributed by atoms with Crippen molar-refractivity contribution in [2.24, 2.45) is 5.92 Å². The fourth-order valence-corrected chi connectivity index (χ4v) is 14.6. The zero-order valence-electron chi connectivity index (χ0n) is 45.6. The largest absolute Gasteiger partial charge is 0.508 e. The fraction of sp³-hybridized carbons (Fsp3) is 0.460. The van der Waals surface area contributed by atoms with Gasteiger partial charge in [-0.1, -0.05) is 48.5 Å². The van der Waals surface area contributed by atoms with Crippen molar-refractivity contribution in [3.8, 4) is 46.0 Å². The Bertz CT molecular complexity index is 3680. The van der Waals surface area contributed by atoms with Gasteiger partial charge in [0.1, 0.15) is 58.8 Å². The second kappa shape index (κ2) is 21.3. The van der Waals surface area contributed by atoms with Crippen molar-refractivity contribution >= 4 is 55.0 Å². The number of hydrogen-bond acceptors (Lipinski definition) is 16. The van der Waals surface area contributed by atoms with Crippen molar-refractivity contribution in [1.29, 1.82) is 0 Å². The molecule has 7 aliphatic heterocycles. The van der Waals surface area contributed by atoms with Gasteiger partial charge in [0.05, 0.1) is 34.1 Å². The number of aromatic hydroxyl groups is 2. The number of benzene rings is 4. The average molecular weight is 1100 g/mol. The minimum Gasteiger partial charge on any atom is -0.508 e. The predicted octanol–water partition coefficient (Wildman–Crippen LogP) is 10.4. The van der Waals surface area contributed by atoms with Crippen LogP contribution >= 0.6 is 0 Å². The van der Waals surface area contributed by atoms with Gasteiger partial charge in [0.2, 0.25) is 0 Å². The lowest BCUT2D eigenvalue weighted by Gasteiger charge is -2.33. The minimum atomic E-state index is -0.562. The molecule has 420 valence electrons. The summed E-state index contributed by atoms with van der Waals surface area (Å²) < 4.78 is 51.9. The Morgan fingerprint density at radius 3 is 1.52 bits per heavy atom. The van der Waals surface area contributed by atoms with Crippen molar-refractivity contribution < 1.29 is 38.3 Å². The first-order valence-electron chi connectivity index (χ1n) is 29.3. The van der Waals surface area contributed by atoms with Crippen LogP contribution in [0.4, 0.5) is 20.4 Å². The molecule has 2 unspecified atom stereocenters. The van der Waals surface area contributed by atoms with Gasteiger partial charge in [0.15, 0.2) is 11.6 Å². The zero-order valence-corrected chi connectivity index (χ0v) is 45.6. The van der Waals surface area contributed by atoms with Crippen LogP contribution in [0.2, 0.25) is 0 Å². The van der Waals surface area contributed by atoms with E-state index in [1.165, 1.54) is 12.8 Å². The Hall–Kier alpha value is -7.12. The maximum Gasteiger partial charge on any atom is 0.319 e. The Kier molecular flexibility index (Phi) is 13.7. The molecule has 8 aromatic rings. The van der Waals surface area contributed by atoms with E-state index in [0.717, 1.165) is 125 Å². The van der Waals surface area contributed by atoms with E-state index in [4.69, 9.17) is 24.2 Å². The molecule has 15 rings (SSSR count). The van der Waals surface area contributed by atoms with Crippen LogP contribution in [0.3, 0.4) is 0 Å². The summed E-state index contributed by atoms with van der Waals surface area (Å²) in [5.41, 5.74) is 1.69. The number of piperidine rings is 1. The van der Waals surface area contributed by atoms with Gasteiger partial charge >= 0.3 is 12.0 Å². The lowest BCUT2D eigenvalue weighted by Crippen LogP contribution is -2.43. The Labute approximate surface area is 468 Å². The number of aromatic nitrogens is 6. The van der Waals surface area contributed by atoms with Crippen LogP contribution in [0.15, 0.2) is 85.2 Å². The normalized spacial score (nSPS) is 21.7. The van der Waals surface area contributed by atoms with Crippen molar-refractivity contribution in [1.82, 2.24) is 39.7 Å². The molecule has 2 bridgehead atoms. The zero-order chi connectivity index (χ0) is 54.8. The summed E-state index contributed by atoms with van der Waals surface area (Å²) in [5, 5.41) is 34.8. The molecular weight excluding hydrogens is 1030 g/mol. The second-order valence-electron chi connectivity index (χ2n) is 23.7. The lowest BCUT2D eigenvalue weighted by molar-refractivity contribution is 0.0580. The molecule has 0 amide bonds. The molecule has 81 heavy (non-hydrogen) atoms. The highest BCUT2D eigenvalue weighted by molar-refractivity contribution is 6.01. The third-order valence-corrected chi connectivity index (χ3v) is 18.9. The molecule has 0 radical (unpaired) electrons. The van der Waals surface area contributed by atoms with Gasteiger partial charge in [-0.2, -0.15) is 19.9 Å². The van der Waals surface area contributed by atoms with E-state index >= 15 is 8.78 Å². The van der Waals surface area contributed by atoms with Gasteiger partial charge in [0, 0.05) is 56.3 Å². The summed E-state index contributed by atoms with van der Waals surface area (Å²) in [6.07, 6.45) is 17.5. The Morgan fingerprint density at radius 2 is 1.01 bits per heavy atom. The molecule has 0 aliphatic carbocycles. The number of nitrogens with zero attached hydrogens (tertiary/aromatic N) is 10. The molecule has 4 aromatic carbocycles. The molecule has 7 saturated heterocycles. The summed E-state index contributed by atoms with van der Waals surface area (Å²) in [6.45, 7) is 8.42. The van der Waals surface area contributed by atoms with Crippen LogP contribution in [0.25, 0.3) is 65.9 Å². The van der Waals surface area contributed by atoms with Crippen LogP contribution < -0.4 is 19.3 Å². The monoisotopic (exact) mass is 1100 g/mol. The third kappa shape index (κ3) is 9.64. The quantitative estimate of drug-likeness (QED) is 0.111. The molecule has 11 heterocycles. The Morgan fingerprint density at radius 1 is 0.543 bits per heavy atom. The first-order chi connectivity index (χ1) is 39.6. The van der Waals surface area contributed by atoms with Gasteiger partial charge in [-0.15, -0.1) is 0 Å². The smallest absolute Gasteiger partial charge is 0.319 e. The van der Waals surface area contributed by atoms with E-state index in [-0.39, 0.29) is 81.8 Å². The number of halogens is 2. The lowest BCUT2D eigenvalue weighted by atomic mass is 9.95. The van der Waals surface area contributed by atoms with Gasteiger partial charge in [0.25, 0.3) is 0 Å². The second-order valence-corrected chi connectivity index (χ2v) is 23.7. The van der Waals surface area contributed by atoms with Crippen molar-refractivity contribution in [3.05, 3.63) is 96.8 Å². The molecule has 7 aliphatic rings. The number of phenolic OH excluding ortho intramolecular Hbond substituents is 2. The average Bonchev–Trinajstić information content (AvgIpc) is 4.50. The summed E-state index contributed by atoms with van der Waals surface area (Å²) in [7, 11) is 0. The molecule has 7 fully saturated rings. The first kappa shape index (κ1) is 52.0. The summed E-state index contributed by atoms with van der Waals surface area (Å²) in [6, 6.07) is 22.0. The first-order valence-corrected chi connectivity index (χ1v) is 29.3. The number of aliphatic hydroxyl groups is 1. The predicted molar refractivity (Wildman–Crippen MR) is 307 cm³/mol. The summed E-state index contributed by atoms with van der Waals surface area (Å²) in [4.78, 5) is 37.6. The van der Waals surface area contributed by atoms with Crippen molar-refractivity contribution in [2.45, 2.75) is 107 Å². The number of pyridine rings is 2. The number of phenols is 2. The SMILES string of the molecule is OCC1CCN(c2nc(OCC34CCCN3CCC4)nc3c(F)c(-c4cc(O)cc5ccccc45)ncc23)CC1.Oc1cc(-c2ncc3c(N4CCC5CCC(C4)O5)nc(OCC45CCCN4CCC5)nc3c2F)c2ccccc2c1. The van der Waals surface area contributed by atoms with Crippen LogP contribution in [-0.4, -0.2) is 150 Å². The molecular formula is C63H68F2N10O6. The highest BCUT2D eigenvalue weighted by Gasteiger charge is 2.46. The fourth-order valence-electron chi connectivity index (χ4n) is 14.6. The number of aliphatic hydroxyl groups excluding tert-OH is 1. The Balaban J connectivity index is 0.000000146. The summed E-state index contributed by atoms with van der Waals surface area (Å²) >= 11 is 0. The van der Waals surface area contributed by atoms with Gasteiger partial charge in [-0.05, 0) is 161 Å². The highest BCUT2D eigenvalue weighted by Crippen LogP contribution is 2.44. The van der Waals surface area contributed by atoms with E-state index in [2.05, 4.69) is 39.5 Å². The number of ether oxygens (including phenoxy) is 3. The maximum absolute atomic E-state index is 16.6.